The number of aliphatic hydroxyl groups excluding tert-OH is 1. The van der Waals surface area contributed by atoms with Crippen molar-refractivity contribution in [3.63, 3.8) is 0 Å². The van der Waals surface area contributed by atoms with Crippen molar-refractivity contribution in [2.24, 2.45) is 5.92 Å². The molecule has 2 unspecified atom stereocenters. The van der Waals surface area contributed by atoms with E-state index < -0.39 is 59.8 Å². The Kier molecular flexibility index (Phi) is 8.79. The molecule has 1 aliphatic heterocycles. The lowest BCUT2D eigenvalue weighted by Gasteiger charge is -2.25. The van der Waals surface area contributed by atoms with Gasteiger partial charge < -0.3 is 14.6 Å². The van der Waals surface area contributed by atoms with Crippen LogP contribution in [0.25, 0.3) is 6.08 Å². The molecule has 34 heavy (non-hydrogen) atoms. The maximum atomic E-state index is 13.1. The fourth-order valence-electron chi connectivity index (χ4n) is 3.56. The number of aliphatic hydroxyl groups is 1. The fraction of sp³-hybridized carbons (Fsp3) is 0.565. The monoisotopic (exact) mass is 496 g/mol. The van der Waals surface area contributed by atoms with Crippen LogP contribution >= 0.6 is 0 Å². The van der Waals surface area contributed by atoms with Crippen LogP contribution in [0.4, 0.5) is 26.3 Å². The highest BCUT2D eigenvalue weighted by atomic mass is 19.4. The highest BCUT2D eigenvalue weighted by Crippen LogP contribution is 2.38. The molecule has 0 amide bonds. The summed E-state index contributed by atoms with van der Waals surface area (Å²) in [6.07, 6.45) is -6.80. The number of carbonyl (C=O) groups is 2. The zero-order chi connectivity index (χ0) is 25.7. The second-order valence-electron chi connectivity index (χ2n) is 8.27. The molecule has 1 saturated heterocycles. The van der Waals surface area contributed by atoms with E-state index >= 15 is 0 Å². The van der Waals surface area contributed by atoms with Gasteiger partial charge in [-0.3, -0.25) is 4.79 Å². The van der Waals surface area contributed by atoms with Crippen molar-refractivity contribution in [1.29, 1.82) is 0 Å². The van der Waals surface area contributed by atoms with Crippen LogP contribution in [0.5, 0.6) is 0 Å². The summed E-state index contributed by atoms with van der Waals surface area (Å²) in [7, 11) is 0. The first kappa shape index (κ1) is 27.7. The minimum atomic E-state index is -5.04. The Hall–Kier alpha value is -2.56. The molecule has 0 aromatic heterocycles. The predicted molar refractivity (Wildman–Crippen MR) is 109 cm³/mol. The first-order chi connectivity index (χ1) is 15.7. The molecule has 0 spiro atoms. The number of esters is 2. The van der Waals surface area contributed by atoms with Crippen LogP contribution in [0.1, 0.15) is 62.6 Å². The summed E-state index contributed by atoms with van der Waals surface area (Å²) in [5.74, 6) is -1.95. The summed E-state index contributed by atoms with van der Waals surface area (Å²) in [4.78, 5) is 24.6. The van der Waals surface area contributed by atoms with E-state index in [1.165, 1.54) is 0 Å². The smallest absolute Gasteiger partial charge is 0.416 e. The molecule has 0 saturated carbocycles. The molecular weight excluding hydrogens is 470 g/mol. The van der Waals surface area contributed by atoms with Gasteiger partial charge in [-0.25, -0.2) is 4.79 Å². The van der Waals surface area contributed by atoms with Crippen LogP contribution in [-0.4, -0.2) is 35.9 Å². The lowest BCUT2D eigenvalue weighted by atomic mass is 9.96. The lowest BCUT2D eigenvalue weighted by molar-refractivity contribution is -0.169. The number of ether oxygens (including phenoxy) is 2. The third-order valence-electron chi connectivity index (χ3n) is 5.53. The van der Waals surface area contributed by atoms with Crippen LogP contribution in [0.2, 0.25) is 0 Å². The molecule has 0 aliphatic carbocycles. The topological polar surface area (TPSA) is 72.8 Å². The average molecular weight is 496 g/mol. The Bertz CT molecular complexity index is 889. The van der Waals surface area contributed by atoms with Gasteiger partial charge in [-0.15, -0.1) is 0 Å². The normalized spacial score (nSPS) is 21.0. The summed E-state index contributed by atoms with van der Waals surface area (Å²) in [6, 6.07) is 0.942. The van der Waals surface area contributed by atoms with Gasteiger partial charge in [0.2, 0.25) is 0 Å². The van der Waals surface area contributed by atoms with Crippen molar-refractivity contribution in [3.8, 4) is 0 Å². The van der Waals surface area contributed by atoms with Gasteiger partial charge in [-0.1, -0.05) is 26.7 Å². The molecule has 5 nitrogen and oxygen atoms in total. The van der Waals surface area contributed by atoms with Crippen molar-refractivity contribution < 1.29 is 50.5 Å². The molecule has 2 rings (SSSR count). The van der Waals surface area contributed by atoms with E-state index in [2.05, 4.69) is 0 Å². The number of rotatable bonds is 9. The standard InChI is InChI=1S/C23H26F6O5/c1-3-5-6-15(4-2)19(31)33-13-21(12-30)11-16(20(32)34-21)7-14-8-17(22(24,25)26)10-18(9-14)23(27,28)29/h7-10,15,30H,3-6,11-13H2,1-2H3/b16-7-. The molecule has 1 N–H and O–H groups in total. The molecule has 190 valence electrons. The summed E-state index contributed by atoms with van der Waals surface area (Å²) < 4.78 is 88.9. The Morgan fingerprint density at radius 1 is 1.15 bits per heavy atom. The van der Waals surface area contributed by atoms with E-state index in [-0.39, 0.29) is 24.0 Å². The molecular formula is C23H26F6O5. The Morgan fingerprint density at radius 2 is 1.74 bits per heavy atom. The Labute approximate surface area is 192 Å². The van der Waals surface area contributed by atoms with Gasteiger partial charge in [0, 0.05) is 12.0 Å². The number of cyclic esters (lactones) is 1. The van der Waals surface area contributed by atoms with E-state index in [4.69, 9.17) is 9.47 Å². The highest BCUT2D eigenvalue weighted by Gasteiger charge is 2.45. The quantitative estimate of drug-likeness (QED) is 0.276. The van der Waals surface area contributed by atoms with Gasteiger partial charge in [-0.2, -0.15) is 26.3 Å². The average Bonchev–Trinajstić information content (AvgIpc) is 3.07. The molecule has 1 fully saturated rings. The Balaban J connectivity index is 2.27. The zero-order valence-electron chi connectivity index (χ0n) is 18.7. The van der Waals surface area contributed by atoms with Crippen LogP contribution in [0.15, 0.2) is 23.8 Å². The largest absolute Gasteiger partial charge is 0.461 e. The highest BCUT2D eigenvalue weighted by molar-refractivity contribution is 5.96. The SMILES string of the molecule is CCCCC(CC)C(=O)OCC1(CO)C/C(=C/c2cc(C(F)(F)F)cc(C(F)(F)F)c2)C(=O)O1. The van der Waals surface area contributed by atoms with Crippen LogP contribution in [-0.2, 0) is 31.4 Å². The van der Waals surface area contributed by atoms with Gasteiger partial charge in [0.1, 0.15) is 6.61 Å². The predicted octanol–water partition coefficient (Wildman–Crippen LogP) is 5.55. The van der Waals surface area contributed by atoms with Crippen molar-refractivity contribution >= 4 is 18.0 Å². The van der Waals surface area contributed by atoms with Gasteiger partial charge in [0.15, 0.2) is 5.60 Å². The molecule has 1 aromatic rings. The maximum absolute atomic E-state index is 13.1. The zero-order valence-corrected chi connectivity index (χ0v) is 18.7. The van der Waals surface area contributed by atoms with E-state index in [9.17, 15) is 41.0 Å². The minimum Gasteiger partial charge on any atom is -0.461 e. The van der Waals surface area contributed by atoms with Crippen LogP contribution in [0, 0.1) is 5.92 Å². The molecule has 1 aliphatic rings. The number of benzene rings is 1. The second kappa shape index (κ2) is 10.8. The van der Waals surface area contributed by atoms with Gasteiger partial charge in [-0.05, 0) is 42.7 Å². The van der Waals surface area contributed by atoms with E-state index in [0.29, 0.717) is 25.0 Å². The van der Waals surface area contributed by atoms with Crippen molar-refractivity contribution in [3.05, 3.63) is 40.5 Å². The maximum Gasteiger partial charge on any atom is 0.416 e. The molecule has 1 heterocycles. The van der Waals surface area contributed by atoms with Gasteiger partial charge >= 0.3 is 24.3 Å². The minimum absolute atomic E-state index is 0.0187. The molecule has 2 atom stereocenters. The summed E-state index contributed by atoms with van der Waals surface area (Å²) >= 11 is 0. The summed E-state index contributed by atoms with van der Waals surface area (Å²) in [5.41, 5.74) is -5.49. The van der Waals surface area contributed by atoms with Crippen LogP contribution < -0.4 is 0 Å². The fourth-order valence-corrected chi connectivity index (χ4v) is 3.56. The number of hydrogen-bond donors (Lipinski definition) is 1. The lowest BCUT2D eigenvalue weighted by Crippen LogP contribution is -2.40. The van der Waals surface area contributed by atoms with Gasteiger partial charge in [0.05, 0.1) is 23.7 Å². The first-order valence-corrected chi connectivity index (χ1v) is 10.8. The van der Waals surface area contributed by atoms with Crippen molar-refractivity contribution in [2.75, 3.05) is 13.2 Å². The number of halogens is 6. The Morgan fingerprint density at radius 3 is 2.21 bits per heavy atom. The molecule has 0 radical (unpaired) electrons. The van der Waals surface area contributed by atoms with E-state index in [1.807, 2.05) is 13.8 Å². The second-order valence-corrected chi connectivity index (χ2v) is 8.27. The molecule has 0 bridgehead atoms. The van der Waals surface area contributed by atoms with E-state index in [0.717, 1.165) is 18.9 Å². The van der Waals surface area contributed by atoms with E-state index in [1.54, 1.807) is 0 Å². The molecule has 1 aromatic carbocycles. The van der Waals surface area contributed by atoms with Crippen molar-refractivity contribution in [2.45, 2.75) is 63.9 Å². The number of unbranched alkanes of at least 4 members (excludes halogenated alkanes) is 1. The van der Waals surface area contributed by atoms with Crippen LogP contribution in [0.3, 0.4) is 0 Å². The third-order valence-corrected chi connectivity index (χ3v) is 5.53. The van der Waals surface area contributed by atoms with Gasteiger partial charge in [0.25, 0.3) is 0 Å². The number of alkyl halides is 6. The summed E-state index contributed by atoms with van der Waals surface area (Å²) in [5, 5.41) is 9.78. The van der Waals surface area contributed by atoms with Crippen molar-refractivity contribution in [1.82, 2.24) is 0 Å². The number of carbonyl (C=O) groups excluding carboxylic acids is 2. The first-order valence-electron chi connectivity index (χ1n) is 10.8. The third kappa shape index (κ3) is 6.97. The number of hydrogen-bond acceptors (Lipinski definition) is 5. The molecule has 11 heteroatoms. The summed E-state index contributed by atoms with van der Waals surface area (Å²) in [6.45, 7) is 2.52.